The lowest BCUT2D eigenvalue weighted by atomic mass is 9.97. The lowest BCUT2D eigenvalue weighted by Gasteiger charge is -2.17. The second kappa shape index (κ2) is 8.13. The van der Waals surface area contributed by atoms with Crippen LogP contribution >= 0.6 is 0 Å². The molecule has 128 valence electrons. The van der Waals surface area contributed by atoms with Gasteiger partial charge in [0, 0.05) is 26.1 Å². The van der Waals surface area contributed by atoms with Gasteiger partial charge < -0.3 is 10.2 Å². The molecule has 0 saturated carbocycles. The molecule has 1 atom stereocenters. The molecule has 1 fully saturated rings. The van der Waals surface area contributed by atoms with E-state index >= 15 is 0 Å². The standard InChI is InChI=1S/C20H26N2O2/c23-19-13-18(15-22(19)14-17-9-5-2-6-10-17)20(24)21-12-11-16-7-3-1-4-8-16/h2,5-7,9-10,18H,1,3-4,8,11-15H2,(H,21,24)/t18-/m1/s1. The smallest absolute Gasteiger partial charge is 0.225 e. The molecule has 1 aliphatic carbocycles. The van der Waals surface area contributed by atoms with Crippen LogP contribution in [0, 0.1) is 5.92 Å². The summed E-state index contributed by atoms with van der Waals surface area (Å²) >= 11 is 0. The van der Waals surface area contributed by atoms with Crippen LogP contribution in [0.1, 0.15) is 44.1 Å². The lowest BCUT2D eigenvalue weighted by molar-refractivity contribution is -0.129. The zero-order valence-electron chi connectivity index (χ0n) is 14.2. The van der Waals surface area contributed by atoms with Crippen LogP contribution in [0.15, 0.2) is 42.0 Å². The topological polar surface area (TPSA) is 49.4 Å². The lowest BCUT2D eigenvalue weighted by Crippen LogP contribution is -2.33. The number of nitrogens with zero attached hydrogens (tertiary/aromatic N) is 1. The molecule has 3 rings (SSSR count). The van der Waals surface area contributed by atoms with E-state index in [9.17, 15) is 9.59 Å². The maximum atomic E-state index is 12.3. The normalized spacial score (nSPS) is 20.8. The minimum absolute atomic E-state index is 0.0234. The number of hydrogen-bond donors (Lipinski definition) is 1. The van der Waals surface area contributed by atoms with Crippen molar-refractivity contribution in [1.29, 1.82) is 0 Å². The fourth-order valence-corrected chi connectivity index (χ4v) is 3.53. The summed E-state index contributed by atoms with van der Waals surface area (Å²) in [5.74, 6) is -0.106. The summed E-state index contributed by atoms with van der Waals surface area (Å²) in [5, 5.41) is 3.02. The Balaban J connectivity index is 1.44. The van der Waals surface area contributed by atoms with E-state index in [4.69, 9.17) is 0 Å². The number of nitrogens with one attached hydrogen (secondary N) is 1. The van der Waals surface area contributed by atoms with Crippen molar-refractivity contribution in [3.63, 3.8) is 0 Å². The van der Waals surface area contributed by atoms with E-state index in [1.165, 1.54) is 31.3 Å². The second-order valence-electron chi connectivity index (χ2n) is 6.81. The zero-order valence-corrected chi connectivity index (χ0v) is 14.2. The fraction of sp³-hybridized carbons (Fsp3) is 0.500. The summed E-state index contributed by atoms with van der Waals surface area (Å²) in [6.07, 6.45) is 8.50. The van der Waals surface area contributed by atoms with E-state index in [1.807, 2.05) is 30.3 Å². The molecule has 4 nitrogen and oxygen atoms in total. The molecule has 0 spiro atoms. The first-order valence-corrected chi connectivity index (χ1v) is 8.99. The molecule has 2 amide bonds. The van der Waals surface area contributed by atoms with Gasteiger partial charge in [-0.05, 0) is 37.7 Å². The summed E-state index contributed by atoms with van der Waals surface area (Å²) < 4.78 is 0. The zero-order chi connectivity index (χ0) is 16.8. The number of allylic oxidation sites excluding steroid dienone is 1. The quantitative estimate of drug-likeness (QED) is 0.817. The van der Waals surface area contributed by atoms with Crippen molar-refractivity contribution in [2.24, 2.45) is 5.92 Å². The number of hydrogen-bond acceptors (Lipinski definition) is 2. The van der Waals surface area contributed by atoms with E-state index in [2.05, 4.69) is 11.4 Å². The SMILES string of the molecule is O=C(NCCC1=CCCCC1)[C@@H]1CC(=O)N(Cc2ccccc2)C1. The van der Waals surface area contributed by atoms with Crippen LogP contribution in [-0.2, 0) is 16.1 Å². The monoisotopic (exact) mass is 326 g/mol. The molecule has 0 unspecified atom stereocenters. The minimum atomic E-state index is -0.207. The van der Waals surface area contributed by atoms with Crippen molar-refractivity contribution in [3.8, 4) is 0 Å². The largest absolute Gasteiger partial charge is 0.355 e. The molecule has 1 heterocycles. The molecule has 24 heavy (non-hydrogen) atoms. The minimum Gasteiger partial charge on any atom is -0.355 e. The number of benzene rings is 1. The summed E-state index contributed by atoms with van der Waals surface area (Å²) in [4.78, 5) is 26.3. The summed E-state index contributed by atoms with van der Waals surface area (Å²) in [6, 6.07) is 9.94. The Bertz CT molecular complexity index is 609. The molecule has 0 radical (unpaired) electrons. The number of likely N-dealkylation sites (tertiary alicyclic amines) is 1. The fourth-order valence-electron chi connectivity index (χ4n) is 3.53. The van der Waals surface area contributed by atoms with Crippen molar-refractivity contribution < 1.29 is 9.59 Å². The van der Waals surface area contributed by atoms with Gasteiger partial charge in [-0.25, -0.2) is 0 Å². The third-order valence-corrected chi connectivity index (χ3v) is 4.93. The Morgan fingerprint density at radius 1 is 1.21 bits per heavy atom. The van der Waals surface area contributed by atoms with Crippen LogP contribution in [0.5, 0.6) is 0 Å². The van der Waals surface area contributed by atoms with E-state index in [0.717, 1.165) is 12.0 Å². The van der Waals surface area contributed by atoms with Crippen molar-refractivity contribution in [2.75, 3.05) is 13.1 Å². The van der Waals surface area contributed by atoms with Crippen LogP contribution in [-0.4, -0.2) is 29.8 Å². The predicted molar refractivity (Wildman–Crippen MR) is 94.1 cm³/mol. The van der Waals surface area contributed by atoms with Gasteiger partial charge in [-0.15, -0.1) is 0 Å². The van der Waals surface area contributed by atoms with E-state index in [1.54, 1.807) is 4.90 Å². The van der Waals surface area contributed by atoms with Gasteiger partial charge in [0.1, 0.15) is 0 Å². The number of carbonyl (C=O) groups excluding carboxylic acids is 2. The second-order valence-corrected chi connectivity index (χ2v) is 6.81. The van der Waals surface area contributed by atoms with Gasteiger partial charge in [-0.2, -0.15) is 0 Å². The summed E-state index contributed by atoms with van der Waals surface area (Å²) in [7, 11) is 0. The Labute approximate surface area is 143 Å². The predicted octanol–water partition coefficient (Wildman–Crippen LogP) is 3.04. The molecule has 0 aromatic heterocycles. The van der Waals surface area contributed by atoms with Gasteiger partial charge in [0.05, 0.1) is 5.92 Å². The van der Waals surface area contributed by atoms with Crippen molar-refractivity contribution in [3.05, 3.63) is 47.5 Å². The summed E-state index contributed by atoms with van der Waals surface area (Å²) in [5.41, 5.74) is 2.57. The van der Waals surface area contributed by atoms with Crippen LogP contribution in [0.2, 0.25) is 0 Å². The van der Waals surface area contributed by atoms with Gasteiger partial charge in [-0.1, -0.05) is 42.0 Å². The molecule has 0 bridgehead atoms. The highest BCUT2D eigenvalue weighted by Crippen LogP contribution is 2.21. The molecule has 1 saturated heterocycles. The maximum absolute atomic E-state index is 12.3. The van der Waals surface area contributed by atoms with Crippen LogP contribution < -0.4 is 5.32 Å². The highest BCUT2D eigenvalue weighted by molar-refractivity contribution is 5.89. The highest BCUT2D eigenvalue weighted by Gasteiger charge is 2.33. The van der Waals surface area contributed by atoms with Gasteiger partial charge in [0.2, 0.25) is 11.8 Å². The van der Waals surface area contributed by atoms with Gasteiger partial charge >= 0.3 is 0 Å². The maximum Gasteiger partial charge on any atom is 0.225 e. The van der Waals surface area contributed by atoms with Crippen LogP contribution in [0.25, 0.3) is 0 Å². The molecule has 1 aliphatic heterocycles. The average molecular weight is 326 g/mol. The van der Waals surface area contributed by atoms with Gasteiger partial charge in [-0.3, -0.25) is 9.59 Å². The van der Waals surface area contributed by atoms with E-state index in [0.29, 0.717) is 26.1 Å². The van der Waals surface area contributed by atoms with E-state index in [-0.39, 0.29) is 17.7 Å². The molecule has 2 aliphatic rings. The third-order valence-electron chi connectivity index (χ3n) is 4.93. The molecule has 1 aromatic carbocycles. The first kappa shape index (κ1) is 16.7. The third kappa shape index (κ3) is 4.47. The number of amides is 2. The average Bonchev–Trinajstić information content (AvgIpc) is 2.97. The molecule has 1 N–H and O–H groups in total. The van der Waals surface area contributed by atoms with Gasteiger partial charge in [0.15, 0.2) is 0 Å². The Hall–Kier alpha value is -2.10. The first-order chi connectivity index (χ1) is 11.7. The highest BCUT2D eigenvalue weighted by atomic mass is 16.2. The van der Waals surface area contributed by atoms with Gasteiger partial charge in [0.25, 0.3) is 0 Å². The van der Waals surface area contributed by atoms with Crippen molar-refractivity contribution in [2.45, 2.75) is 45.1 Å². The number of carbonyl (C=O) groups is 2. The Kier molecular flexibility index (Phi) is 5.68. The number of rotatable bonds is 6. The Morgan fingerprint density at radius 2 is 2.04 bits per heavy atom. The molecular formula is C20H26N2O2. The molecule has 4 heteroatoms. The molecular weight excluding hydrogens is 300 g/mol. The van der Waals surface area contributed by atoms with Crippen molar-refractivity contribution >= 4 is 11.8 Å². The summed E-state index contributed by atoms with van der Waals surface area (Å²) in [6.45, 7) is 1.81. The Morgan fingerprint density at radius 3 is 2.79 bits per heavy atom. The van der Waals surface area contributed by atoms with E-state index < -0.39 is 0 Å². The first-order valence-electron chi connectivity index (χ1n) is 8.99. The van der Waals surface area contributed by atoms with Crippen LogP contribution in [0.3, 0.4) is 0 Å². The van der Waals surface area contributed by atoms with Crippen LogP contribution in [0.4, 0.5) is 0 Å². The molecule has 1 aromatic rings. The van der Waals surface area contributed by atoms with Crippen molar-refractivity contribution in [1.82, 2.24) is 10.2 Å².